The lowest BCUT2D eigenvalue weighted by Gasteiger charge is -2.01. The maximum absolute atomic E-state index is 4.74. The first-order chi connectivity index (χ1) is 11.2. The van der Waals surface area contributed by atoms with Crippen molar-refractivity contribution in [3.63, 3.8) is 0 Å². The summed E-state index contributed by atoms with van der Waals surface area (Å²) < 4.78 is 3.21. The fraction of sp³-hybridized carbons (Fsp3) is 0.312. The van der Waals surface area contributed by atoms with Gasteiger partial charge in [0.05, 0.1) is 5.69 Å². The molecule has 2 aromatic heterocycles. The van der Waals surface area contributed by atoms with E-state index in [4.69, 9.17) is 4.98 Å². The summed E-state index contributed by atoms with van der Waals surface area (Å²) in [6.45, 7) is 0. The van der Waals surface area contributed by atoms with Crippen LogP contribution in [0.2, 0.25) is 0 Å². The lowest BCUT2D eigenvalue weighted by atomic mass is 10.2. The minimum atomic E-state index is 0.629. The van der Waals surface area contributed by atoms with Crippen molar-refractivity contribution in [2.45, 2.75) is 29.7 Å². The smallest absolute Gasteiger partial charge is 0.191 e. The number of thioether (sulfide) groups is 1. The second-order valence-corrected chi connectivity index (χ2v) is 8.33. The van der Waals surface area contributed by atoms with Gasteiger partial charge in [0.15, 0.2) is 5.16 Å². The van der Waals surface area contributed by atoms with Gasteiger partial charge in [-0.2, -0.15) is 0 Å². The van der Waals surface area contributed by atoms with Gasteiger partial charge in [0.2, 0.25) is 0 Å². The van der Waals surface area contributed by atoms with Crippen LogP contribution in [-0.4, -0.2) is 19.7 Å². The van der Waals surface area contributed by atoms with Crippen molar-refractivity contribution in [3.05, 3.63) is 45.6 Å². The van der Waals surface area contributed by atoms with E-state index >= 15 is 0 Å². The average Bonchev–Trinajstić information content (AvgIpc) is 3.16. The molecule has 0 radical (unpaired) electrons. The number of hydrogen-bond donors (Lipinski definition) is 0. The number of halogens is 1. The summed E-state index contributed by atoms with van der Waals surface area (Å²) in [7, 11) is 2.06. The van der Waals surface area contributed by atoms with Gasteiger partial charge in [0.1, 0.15) is 10.8 Å². The van der Waals surface area contributed by atoms with Crippen LogP contribution in [0.15, 0.2) is 39.3 Å². The molecule has 2 heterocycles. The highest BCUT2D eigenvalue weighted by Crippen LogP contribution is 2.39. The van der Waals surface area contributed by atoms with Crippen LogP contribution in [0.3, 0.4) is 0 Å². The van der Waals surface area contributed by atoms with Crippen LogP contribution in [-0.2, 0) is 12.8 Å². The molecule has 1 aromatic carbocycles. The topological polar surface area (TPSA) is 43.6 Å². The Balaban J connectivity index is 1.46. The molecule has 0 bridgehead atoms. The van der Waals surface area contributed by atoms with E-state index in [9.17, 15) is 0 Å². The molecular formula is C16H15BrN4S2. The molecule has 0 atom stereocenters. The van der Waals surface area contributed by atoms with Gasteiger partial charge in [-0.05, 0) is 25.0 Å². The Kier molecular flexibility index (Phi) is 4.26. The quantitative estimate of drug-likeness (QED) is 0.566. The third-order valence-electron chi connectivity index (χ3n) is 3.78. The highest BCUT2D eigenvalue weighted by atomic mass is 79.9. The Morgan fingerprint density at radius 1 is 1.35 bits per heavy atom. The highest BCUT2D eigenvalue weighted by Gasteiger charge is 2.29. The second kappa shape index (κ2) is 6.37. The number of benzene rings is 1. The summed E-state index contributed by atoms with van der Waals surface area (Å²) in [5, 5.41) is 12.8. The molecule has 4 nitrogen and oxygen atoms in total. The van der Waals surface area contributed by atoms with Crippen LogP contribution in [0.4, 0.5) is 0 Å². The monoisotopic (exact) mass is 406 g/mol. The molecule has 0 spiro atoms. The van der Waals surface area contributed by atoms with Crippen LogP contribution in [0.5, 0.6) is 0 Å². The molecule has 1 fully saturated rings. The molecule has 0 amide bonds. The van der Waals surface area contributed by atoms with E-state index in [1.165, 1.54) is 12.8 Å². The van der Waals surface area contributed by atoms with Crippen molar-refractivity contribution in [2.75, 3.05) is 0 Å². The molecule has 1 aliphatic carbocycles. The minimum absolute atomic E-state index is 0.629. The van der Waals surface area contributed by atoms with Crippen molar-refractivity contribution in [1.29, 1.82) is 0 Å². The van der Waals surface area contributed by atoms with Crippen LogP contribution >= 0.6 is 39.0 Å². The number of hydrogen-bond acceptors (Lipinski definition) is 5. The Morgan fingerprint density at radius 3 is 3.00 bits per heavy atom. The summed E-state index contributed by atoms with van der Waals surface area (Å²) in [6, 6.07) is 8.25. The van der Waals surface area contributed by atoms with E-state index in [1.807, 2.05) is 12.1 Å². The molecule has 0 N–H and O–H groups in total. The van der Waals surface area contributed by atoms with Crippen molar-refractivity contribution >= 4 is 39.0 Å². The average molecular weight is 407 g/mol. The molecule has 4 rings (SSSR count). The fourth-order valence-electron chi connectivity index (χ4n) is 2.41. The minimum Gasteiger partial charge on any atom is -0.309 e. The van der Waals surface area contributed by atoms with Crippen LogP contribution in [0.25, 0.3) is 10.6 Å². The molecule has 7 heteroatoms. The van der Waals surface area contributed by atoms with Gasteiger partial charge >= 0.3 is 0 Å². The van der Waals surface area contributed by atoms with Crippen LogP contribution in [0, 0.1) is 0 Å². The Labute approximate surface area is 151 Å². The number of rotatable bonds is 5. The maximum atomic E-state index is 4.74. The van der Waals surface area contributed by atoms with Crippen molar-refractivity contribution in [1.82, 2.24) is 19.7 Å². The summed E-state index contributed by atoms with van der Waals surface area (Å²) in [4.78, 5) is 4.74. The van der Waals surface area contributed by atoms with E-state index in [1.54, 1.807) is 23.1 Å². The first-order valence-corrected chi connectivity index (χ1v) is 10.1. The molecule has 1 saturated carbocycles. The molecule has 23 heavy (non-hydrogen) atoms. The first kappa shape index (κ1) is 15.4. The van der Waals surface area contributed by atoms with Gasteiger partial charge in [-0.1, -0.05) is 39.8 Å². The lowest BCUT2D eigenvalue weighted by molar-refractivity contribution is 0.736. The zero-order chi connectivity index (χ0) is 15.8. The van der Waals surface area contributed by atoms with Gasteiger partial charge in [-0.25, -0.2) is 4.98 Å². The summed E-state index contributed by atoms with van der Waals surface area (Å²) in [5.74, 6) is 2.58. The molecule has 3 aromatic rings. The van der Waals surface area contributed by atoms with Crippen molar-refractivity contribution < 1.29 is 0 Å². The standard InChI is InChI=1S/C16H15BrN4S2/c1-21-14(10-5-6-10)19-20-16(21)23-9-13-8-22-15(18-13)11-3-2-4-12(17)7-11/h2-4,7-8,10H,5-6,9H2,1H3. The maximum Gasteiger partial charge on any atom is 0.191 e. The zero-order valence-electron chi connectivity index (χ0n) is 12.6. The number of aromatic nitrogens is 4. The van der Waals surface area contributed by atoms with E-state index < -0.39 is 0 Å². The highest BCUT2D eigenvalue weighted by molar-refractivity contribution is 9.10. The molecule has 118 valence electrons. The Hall–Kier alpha value is -1.18. The Morgan fingerprint density at radius 2 is 2.22 bits per heavy atom. The number of thiazole rings is 1. The normalized spacial score (nSPS) is 14.3. The molecular weight excluding hydrogens is 392 g/mol. The van der Waals surface area contributed by atoms with Crippen molar-refractivity contribution in [2.24, 2.45) is 7.05 Å². The second-order valence-electron chi connectivity index (χ2n) is 5.62. The lowest BCUT2D eigenvalue weighted by Crippen LogP contribution is -1.97. The van der Waals surface area contributed by atoms with Gasteiger partial charge in [0.25, 0.3) is 0 Å². The van der Waals surface area contributed by atoms with E-state index in [2.05, 4.69) is 55.3 Å². The first-order valence-electron chi connectivity index (χ1n) is 7.43. The van der Waals surface area contributed by atoms with E-state index in [0.29, 0.717) is 5.92 Å². The Bertz CT molecular complexity index is 838. The van der Waals surface area contributed by atoms with Crippen LogP contribution in [0.1, 0.15) is 30.3 Å². The SMILES string of the molecule is Cn1c(SCc2csc(-c3cccc(Br)c3)n2)nnc1C1CC1. The van der Waals surface area contributed by atoms with Gasteiger partial charge < -0.3 is 4.57 Å². The van der Waals surface area contributed by atoms with Gasteiger partial charge in [-0.15, -0.1) is 21.5 Å². The molecule has 0 aliphatic heterocycles. The summed E-state index contributed by atoms with van der Waals surface area (Å²) >= 11 is 6.89. The van der Waals surface area contributed by atoms with Crippen molar-refractivity contribution in [3.8, 4) is 10.6 Å². The van der Waals surface area contributed by atoms with Gasteiger partial charge in [0, 0.05) is 34.1 Å². The third-order valence-corrected chi connectivity index (χ3v) is 6.27. The predicted octanol–water partition coefficient (Wildman–Crippen LogP) is 4.87. The van der Waals surface area contributed by atoms with Crippen LogP contribution < -0.4 is 0 Å². The summed E-state index contributed by atoms with van der Waals surface area (Å²) in [6.07, 6.45) is 2.50. The van der Waals surface area contributed by atoms with E-state index in [0.717, 1.165) is 37.5 Å². The zero-order valence-corrected chi connectivity index (χ0v) is 15.8. The van der Waals surface area contributed by atoms with E-state index in [-0.39, 0.29) is 0 Å². The summed E-state index contributed by atoms with van der Waals surface area (Å²) in [5.41, 5.74) is 2.24. The van der Waals surface area contributed by atoms with Gasteiger partial charge in [-0.3, -0.25) is 0 Å². The molecule has 0 unspecified atom stereocenters. The fourth-order valence-corrected chi connectivity index (χ4v) is 4.55. The number of nitrogens with zero attached hydrogens (tertiary/aromatic N) is 4. The third kappa shape index (κ3) is 3.36. The predicted molar refractivity (Wildman–Crippen MR) is 97.8 cm³/mol. The largest absolute Gasteiger partial charge is 0.309 e. The molecule has 0 saturated heterocycles. The molecule has 1 aliphatic rings.